The van der Waals surface area contributed by atoms with Gasteiger partial charge in [0.2, 0.25) is 0 Å². The molecule has 0 spiro atoms. The Labute approximate surface area is 137 Å². The van der Waals surface area contributed by atoms with Gasteiger partial charge in [0, 0.05) is 31.7 Å². The van der Waals surface area contributed by atoms with Gasteiger partial charge in [0.1, 0.15) is 12.4 Å². The zero-order valence-corrected chi connectivity index (χ0v) is 13.6. The van der Waals surface area contributed by atoms with Crippen LogP contribution in [0.25, 0.3) is 0 Å². The van der Waals surface area contributed by atoms with E-state index >= 15 is 0 Å². The summed E-state index contributed by atoms with van der Waals surface area (Å²) in [5.41, 5.74) is 1.03. The van der Waals surface area contributed by atoms with Crippen LogP contribution in [0.1, 0.15) is 18.4 Å². The van der Waals surface area contributed by atoms with E-state index in [4.69, 9.17) is 21.1 Å². The quantitative estimate of drug-likeness (QED) is 0.722. The van der Waals surface area contributed by atoms with Crippen LogP contribution in [0, 0.1) is 5.41 Å². The molecule has 5 heteroatoms. The molecular formula is C17H24ClNO3. The average Bonchev–Trinajstić information content (AvgIpc) is 2.55. The van der Waals surface area contributed by atoms with Crippen LogP contribution in [-0.4, -0.2) is 38.1 Å². The first-order valence-electron chi connectivity index (χ1n) is 7.60. The molecule has 122 valence electrons. The van der Waals surface area contributed by atoms with Gasteiger partial charge in [-0.1, -0.05) is 30.3 Å². The molecule has 0 bridgehead atoms. The van der Waals surface area contributed by atoms with Gasteiger partial charge in [-0.3, -0.25) is 0 Å². The fourth-order valence-electron chi connectivity index (χ4n) is 2.59. The topological polar surface area (TPSA) is 50.7 Å². The lowest BCUT2D eigenvalue weighted by Crippen LogP contribution is -2.41. The summed E-state index contributed by atoms with van der Waals surface area (Å²) >= 11 is 6.20. The Bertz CT molecular complexity index is 487. The lowest BCUT2D eigenvalue weighted by Gasteiger charge is -2.35. The number of ether oxygens (including phenoxy) is 2. The van der Waals surface area contributed by atoms with Gasteiger partial charge in [0.05, 0.1) is 11.6 Å². The highest BCUT2D eigenvalue weighted by atomic mass is 35.5. The number of rotatable bonds is 8. The molecule has 0 aromatic heterocycles. The van der Waals surface area contributed by atoms with E-state index in [9.17, 15) is 5.11 Å². The summed E-state index contributed by atoms with van der Waals surface area (Å²) in [6.07, 6.45) is 3.48. The number of hydrogen-bond acceptors (Lipinski definition) is 4. The SMILES string of the molecule is C=CCOc1ccc(CNCC2(CO)CCOCC2)cc1Cl. The van der Waals surface area contributed by atoms with E-state index in [0.717, 1.165) is 38.2 Å². The molecule has 2 rings (SSSR count). The number of nitrogens with one attached hydrogen (secondary N) is 1. The van der Waals surface area contributed by atoms with Crippen LogP contribution >= 0.6 is 11.6 Å². The molecule has 1 aromatic carbocycles. The lowest BCUT2D eigenvalue weighted by atomic mass is 9.81. The Hall–Kier alpha value is -1.07. The summed E-state index contributed by atoms with van der Waals surface area (Å²) in [6, 6.07) is 5.77. The normalized spacial score (nSPS) is 17.2. The zero-order chi connectivity index (χ0) is 15.8. The summed E-state index contributed by atoms with van der Waals surface area (Å²) in [6.45, 7) is 7.19. The average molecular weight is 326 g/mol. The van der Waals surface area contributed by atoms with Crippen molar-refractivity contribution in [2.24, 2.45) is 5.41 Å². The van der Waals surface area contributed by atoms with Crippen molar-refractivity contribution >= 4 is 11.6 Å². The van der Waals surface area contributed by atoms with Gasteiger partial charge >= 0.3 is 0 Å². The van der Waals surface area contributed by atoms with Gasteiger partial charge < -0.3 is 19.9 Å². The molecule has 2 N–H and O–H groups in total. The Morgan fingerprint density at radius 3 is 2.82 bits per heavy atom. The van der Waals surface area contributed by atoms with Gasteiger partial charge in [0.25, 0.3) is 0 Å². The predicted molar refractivity (Wildman–Crippen MR) is 88.4 cm³/mol. The van der Waals surface area contributed by atoms with Gasteiger partial charge in [-0.25, -0.2) is 0 Å². The smallest absolute Gasteiger partial charge is 0.138 e. The third kappa shape index (κ3) is 4.71. The van der Waals surface area contributed by atoms with Crippen molar-refractivity contribution in [3.8, 4) is 5.75 Å². The molecule has 0 saturated carbocycles. The van der Waals surface area contributed by atoms with Crippen molar-refractivity contribution in [1.82, 2.24) is 5.32 Å². The van der Waals surface area contributed by atoms with E-state index in [1.165, 1.54) is 0 Å². The molecule has 0 amide bonds. The second-order valence-corrected chi connectivity index (χ2v) is 6.15. The second-order valence-electron chi connectivity index (χ2n) is 5.74. The third-order valence-electron chi connectivity index (χ3n) is 4.07. The molecule has 1 saturated heterocycles. The van der Waals surface area contributed by atoms with Crippen molar-refractivity contribution in [2.75, 3.05) is 33.0 Å². The fraction of sp³-hybridized carbons (Fsp3) is 0.529. The van der Waals surface area contributed by atoms with Crippen LogP contribution in [0.2, 0.25) is 5.02 Å². The molecule has 0 aliphatic carbocycles. The molecule has 1 aromatic rings. The molecule has 0 radical (unpaired) electrons. The van der Waals surface area contributed by atoms with Gasteiger partial charge in [0.15, 0.2) is 0 Å². The summed E-state index contributed by atoms with van der Waals surface area (Å²) in [7, 11) is 0. The van der Waals surface area contributed by atoms with Crippen molar-refractivity contribution in [3.05, 3.63) is 41.4 Å². The number of aliphatic hydroxyl groups excluding tert-OH is 1. The summed E-state index contributed by atoms with van der Waals surface area (Å²) < 4.78 is 10.8. The highest BCUT2D eigenvalue weighted by Crippen LogP contribution is 2.29. The first-order valence-corrected chi connectivity index (χ1v) is 7.98. The van der Waals surface area contributed by atoms with Gasteiger partial charge in [-0.15, -0.1) is 0 Å². The Morgan fingerprint density at radius 2 is 2.18 bits per heavy atom. The molecule has 0 atom stereocenters. The summed E-state index contributed by atoms with van der Waals surface area (Å²) in [4.78, 5) is 0. The van der Waals surface area contributed by atoms with Gasteiger partial charge in [-0.05, 0) is 30.5 Å². The molecule has 1 aliphatic heterocycles. The van der Waals surface area contributed by atoms with Crippen molar-refractivity contribution in [1.29, 1.82) is 0 Å². The summed E-state index contributed by atoms with van der Waals surface area (Å²) in [5, 5.41) is 13.7. The van der Waals surface area contributed by atoms with E-state index in [1.54, 1.807) is 6.08 Å². The van der Waals surface area contributed by atoms with E-state index in [1.807, 2.05) is 18.2 Å². The van der Waals surface area contributed by atoms with Crippen LogP contribution < -0.4 is 10.1 Å². The van der Waals surface area contributed by atoms with Crippen molar-refractivity contribution in [2.45, 2.75) is 19.4 Å². The largest absolute Gasteiger partial charge is 0.488 e. The zero-order valence-electron chi connectivity index (χ0n) is 12.8. The minimum atomic E-state index is -0.0605. The fourth-order valence-corrected chi connectivity index (χ4v) is 2.84. The molecule has 1 aliphatic rings. The Morgan fingerprint density at radius 1 is 1.41 bits per heavy atom. The van der Waals surface area contributed by atoms with E-state index < -0.39 is 0 Å². The van der Waals surface area contributed by atoms with Crippen LogP contribution in [0.15, 0.2) is 30.9 Å². The monoisotopic (exact) mass is 325 g/mol. The third-order valence-corrected chi connectivity index (χ3v) is 4.37. The minimum absolute atomic E-state index is 0.0605. The molecular weight excluding hydrogens is 302 g/mol. The van der Waals surface area contributed by atoms with E-state index in [-0.39, 0.29) is 12.0 Å². The van der Waals surface area contributed by atoms with E-state index in [2.05, 4.69) is 11.9 Å². The van der Waals surface area contributed by atoms with Crippen molar-refractivity contribution < 1.29 is 14.6 Å². The number of halogens is 1. The Balaban J connectivity index is 1.86. The maximum absolute atomic E-state index is 9.66. The molecule has 22 heavy (non-hydrogen) atoms. The molecule has 0 unspecified atom stereocenters. The predicted octanol–water partition coefficient (Wildman–Crippen LogP) is 2.78. The first-order chi connectivity index (χ1) is 10.7. The molecule has 4 nitrogen and oxygen atoms in total. The highest BCUT2D eigenvalue weighted by Gasteiger charge is 2.31. The number of hydrogen-bond donors (Lipinski definition) is 2. The van der Waals surface area contributed by atoms with Crippen LogP contribution in [0.4, 0.5) is 0 Å². The number of aliphatic hydroxyl groups is 1. The lowest BCUT2D eigenvalue weighted by molar-refractivity contribution is -0.0154. The maximum atomic E-state index is 9.66. The standard InChI is InChI=1S/C17H24ClNO3/c1-2-7-22-16-4-3-14(10-15(16)18)11-19-12-17(13-20)5-8-21-9-6-17/h2-4,10,19-20H,1,5-9,11-13H2. The Kier molecular flexibility index (Phi) is 6.70. The van der Waals surface area contributed by atoms with E-state index in [0.29, 0.717) is 23.9 Å². The van der Waals surface area contributed by atoms with Crippen LogP contribution in [0.3, 0.4) is 0 Å². The van der Waals surface area contributed by atoms with Crippen LogP contribution in [0.5, 0.6) is 5.75 Å². The molecule has 1 fully saturated rings. The van der Waals surface area contributed by atoms with Crippen molar-refractivity contribution in [3.63, 3.8) is 0 Å². The molecule has 1 heterocycles. The highest BCUT2D eigenvalue weighted by molar-refractivity contribution is 6.32. The minimum Gasteiger partial charge on any atom is -0.488 e. The second kappa shape index (κ2) is 8.53. The maximum Gasteiger partial charge on any atom is 0.138 e. The van der Waals surface area contributed by atoms with Gasteiger partial charge in [-0.2, -0.15) is 0 Å². The van der Waals surface area contributed by atoms with Crippen LogP contribution in [-0.2, 0) is 11.3 Å². The first kappa shape index (κ1) is 17.3. The summed E-state index contributed by atoms with van der Waals surface area (Å²) in [5.74, 6) is 0.668. The number of benzene rings is 1.